The quantitative estimate of drug-likeness (QED) is 0.843. The molecule has 5 nitrogen and oxygen atoms in total. The second kappa shape index (κ2) is 5.40. The molecule has 0 spiro atoms. The number of hydrogen-bond acceptors (Lipinski definition) is 3. The van der Waals surface area contributed by atoms with E-state index in [1.807, 2.05) is 0 Å². The van der Waals surface area contributed by atoms with Crippen LogP contribution in [-0.4, -0.2) is 36.7 Å². The number of carboxylic acid groups (broad SMARTS) is 1. The maximum Gasteiger partial charge on any atom is 0.335 e. The molecule has 2 rings (SSSR count). The highest BCUT2D eigenvalue weighted by Gasteiger charge is 2.38. The zero-order valence-electron chi connectivity index (χ0n) is 11.0. The molecule has 1 saturated carbocycles. The molecule has 1 amide bonds. The lowest BCUT2D eigenvalue weighted by Gasteiger charge is -2.09. The molecule has 0 aliphatic heterocycles. The SMILES string of the molecule is COC[C@H]1C[C@@H]1NC(=O)c1cccc(C(=O)O)c1C. The molecule has 0 saturated heterocycles. The number of carbonyl (C=O) groups is 2. The molecule has 0 bridgehead atoms. The van der Waals surface area contributed by atoms with Crippen molar-refractivity contribution in [2.45, 2.75) is 19.4 Å². The van der Waals surface area contributed by atoms with Crippen LogP contribution < -0.4 is 5.32 Å². The van der Waals surface area contributed by atoms with Crippen molar-refractivity contribution >= 4 is 11.9 Å². The van der Waals surface area contributed by atoms with Gasteiger partial charge in [-0.25, -0.2) is 4.79 Å². The minimum Gasteiger partial charge on any atom is -0.478 e. The van der Waals surface area contributed by atoms with E-state index < -0.39 is 5.97 Å². The van der Waals surface area contributed by atoms with Gasteiger partial charge in [-0.3, -0.25) is 4.79 Å². The monoisotopic (exact) mass is 263 g/mol. The zero-order chi connectivity index (χ0) is 14.0. The topological polar surface area (TPSA) is 75.6 Å². The maximum absolute atomic E-state index is 12.1. The van der Waals surface area contributed by atoms with Crippen molar-refractivity contribution < 1.29 is 19.4 Å². The second-order valence-corrected chi connectivity index (χ2v) is 4.81. The Morgan fingerprint density at radius 2 is 2.11 bits per heavy atom. The Bertz CT molecular complexity index is 512. The number of carbonyl (C=O) groups excluding carboxylic acids is 1. The molecular weight excluding hydrogens is 246 g/mol. The van der Waals surface area contributed by atoms with Gasteiger partial charge in [0, 0.05) is 24.6 Å². The van der Waals surface area contributed by atoms with Crippen LogP contribution in [0, 0.1) is 12.8 Å². The fourth-order valence-electron chi connectivity index (χ4n) is 2.18. The molecule has 1 aliphatic rings. The Morgan fingerprint density at radius 3 is 2.74 bits per heavy atom. The van der Waals surface area contributed by atoms with E-state index in [0.29, 0.717) is 23.7 Å². The molecule has 0 aromatic heterocycles. The number of ether oxygens (including phenoxy) is 1. The number of methoxy groups -OCH3 is 1. The first-order valence-corrected chi connectivity index (χ1v) is 6.17. The highest BCUT2D eigenvalue weighted by molar-refractivity contribution is 6.00. The summed E-state index contributed by atoms with van der Waals surface area (Å²) in [6.07, 6.45) is 0.914. The largest absolute Gasteiger partial charge is 0.478 e. The van der Waals surface area contributed by atoms with Gasteiger partial charge in [0.05, 0.1) is 12.2 Å². The summed E-state index contributed by atoms with van der Waals surface area (Å²) in [5, 5.41) is 11.9. The molecule has 1 aromatic carbocycles. The van der Waals surface area contributed by atoms with Gasteiger partial charge in [0.25, 0.3) is 5.91 Å². The van der Waals surface area contributed by atoms with Gasteiger partial charge in [0.1, 0.15) is 0 Å². The summed E-state index contributed by atoms with van der Waals surface area (Å²) in [4.78, 5) is 23.1. The van der Waals surface area contributed by atoms with E-state index in [9.17, 15) is 9.59 Å². The minimum absolute atomic E-state index is 0.139. The second-order valence-electron chi connectivity index (χ2n) is 4.81. The first kappa shape index (κ1) is 13.5. The van der Waals surface area contributed by atoms with E-state index in [1.54, 1.807) is 26.2 Å². The smallest absolute Gasteiger partial charge is 0.335 e. The van der Waals surface area contributed by atoms with Crippen LogP contribution in [0.2, 0.25) is 0 Å². The van der Waals surface area contributed by atoms with Crippen molar-refractivity contribution in [2.75, 3.05) is 13.7 Å². The molecule has 19 heavy (non-hydrogen) atoms. The van der Waals surface area contributed by atoms with Gasteiger partial charge in [-0.15, -0.1) is 0 Å². The minimum atomic E-state index is -1.02. The summed E-state index contributed by atoms with van der Waals surface area (Å²) in [7, 11) is 1.64. The average Bonchev–Trinajstić information content (AvgIpc) is 3.07. The van der Waals surface area contributed by atoms with E-state index in [4.69, 9.17) is 9.84 Å². The van der Waals surface area contributed by atoms with E-state index in [-0.39, 0.29) is 17.5 Å². The number of amides is 1. The fourth-order valence-corrected chi connectivity index (χ4v) is 2.18. The van der Waals surface area contributed by atoms with Gasteiger partial charge in [-0.05, 0) is 31.0 Å². The van der Waals surface area contributed by atoms with Crippen LogP contribution in [0.4, 0.5) is 0 Å². The number of carboxylic acids is 1. The Kier molecular flexibility index (Phi) is 3.85. The third-order valence-corrected chi connectivity index (χ3v) is 3.43. The molecule has 1 fully saturated rings. The van der Waals surface area contributed by atoms with Crippen LogP contribution in [0.1, 0.15) is 32.7 Å². The van der Waals surface area contributed by atoms with Crippen molar-refractivity contribution in [1.29, 1.82) is 0 Å². The van der Waals surface area contributed by atoms with Crippen molar-refractivity contribution in [3.8, 4) is 0 Å². The molecule has 0 heterocycles. The van der Waals surface area contributed by atoms with Gasteiger partial charge in [-0.2, -0.15) is 0 Å². The van der Waals surface area contributed by atoms with Crippen molar-refractivity contribution in [3.63, 3.8) is 0 Å². The molecule has 0 radical (unpaired) electrons. The Labute approximate surface area is 111 Å². The molecule has 1 aromatic rings. The maximum atomic E-state index is 12.1. The third-order valence-electron chi connectivity index (χ3n) is 3.43. The first-order valence-electron chi connectivity index (χ1n) is 6.17. The lowest BCUT2D eigenvalue weighted by Crippen LogP contribution is -2.28. The predicted molar refractivity (Wildman–Crippen MR) is 69.4 cm³/mol. The average molecular weight is 263 g/mol. The van der Waals surface area contributed by atoms with Gasteiger partial charge < -0.3 is 15.2 Å². The summed E-state index contributed by atoms with van der Waals surface area (Å²) in [5.41, 5.74) is 1.08. The number of benzene rings is 1. The predicted octanol–water partition coefficient (Wildman–Crippen LogP) is 1.46. The van der Waals surface area contributed by atoms with Crippen LogP contribution in [0.3, 0.4) is 0 Å². The van der Waals surface area contributed by atoms with Crippen LogP contribution in [0.5, 0.6) is 0 Å². The highest BCUT2D eigenvalue weighted by atomic mass is 16.5. The Hall–Kier alpha value is -1.88. The summed E-state index contributed by atoms with van der Waals surface area (Å²) >= 11 is 0. The van der Waals surface area contributed by atoms with Gasteiger partial charge in [-0.1, -0.05) is 6.07 Å². The molecule has 5 heteroatoms. The zero-order valence-corrected chi connectivity index (χ0v) is 11.0. The van der Waals surface area contributed by atoms with Crippen LogP contribution in [-0.2, 0) is 4.74 Å². The standard InChI is InChI=1S/C14H17NO4/c1-8-10(4-3-5-11(8)14(17)18)13(16)15-12-6-9(12)7-19-2/h3-5,9,12H,6-7H2,1-2H3,(H,15,16)(H,17,18)/t9-,12+/m1/s1. The van der Waals surface area contributed by atoms with E-state index in [0.717, 1.165) is 6.42 Å². The van der Waals surface area contributed by atoms with Gasteiger partial charge in [0.2, 0.25) is 0 Å². The normalized spacial score (nSPS) is 20.9. The Balaban J connectivity index is 2.08. The lowest BCUT2D eigenvalue weighted by molar-refractivity contribution is 0.0696. The first-order chi connectivity index (χ1) is 9.04. The molecule has 102 valence electrons. The summed E-state index contributed by atoms with van der Waals surface area (Å²) in [5.74, 6) is -0.864. The highest BCUT2D eigenvalue weighted by Crippen LogP contribution is 2.30. The Morgan fingerprint density at radius 1 is 1.42 bits per heavy atom. The van der Waals surface area contributed by atoms with Crippen molar-refractivity contribution in [2.24, 2.45) is 5.92 Å². The molecule has 2 N–H and O–H groups in total. The number of nitrogens with one attached hydrogen (secondary N) is 1. The summed E-state index contributed by atoms with van der Waals surface area (Å²) in [6, 6.07) is 4.87. The number of hydrogen-bond donors (Lipinski definition) is 2. The fraction of sp³-hybridized carbons (Fsp3) is 0.429. The van der Waals surface area contributed by atoms with Gasteiger partial charge in [0.15, 0.2) is 0 Å². The number of rotatable bonds is 5. The number of aromatic carboxylic acids is 1. The van der Waals surface area contributed by atoms with Crippen molar-refractivity contribution in [3.05, 3.63) is 34.9 Å². The van der Waals surface area contributed by atoms with E-state index in [2.05, 4.69) is 5.32 Å². The van der Waals surface area contributed by atoms with Gasteiger partial charge >= 0.3 is 5.97 Å². The van der Waals surface area contributed by atoms with Crippen LogP contribution in [0.15, 0.2) is 18.2 Å². The molecule has 2 atom stereocenters. The van der Waals surface area contributed by atoms with E-state index >= 15 is 0 Å². The molecule has 1 aliphatic carbocycles. The molecule has 0 unspecified atom stereocenters. The lowest BCUT2D eigenvalue weighted by atomic mass is 10.0. The van der Waals surface area contributed by atoms with Crippen LogP contribution >= 0.6 is 0 Å². The third kappa shape index (κ3) is 2.93. The summed E-state index contributed by atoms with van der Waals surface area (Å²) in [6.45, 7) is 2.29. The van der Waals surface area contributed by atoms with Crippen molar-refractivity contribution in [1.82, 2.24) is 5.32 Å². The molecular formula is C14H17NO4. The summed E-state index contributed by atoms with van der Waals surface area (Å²) < 4.78 is 5.03. The van der Waals surface area contributed by atoms with Crippen LogP contribution in [0.25, 0.3) is 0 Å². The van der Waals surface area contributed by atoms with E-state index in [1.165, 1.54) is 6.07 Å².